The number of hydrogen-bond acceptors (Lipinski definition) is 3. The third-order valence-corrected chi connectivity index (χ3v) is 4.08. The second-order valence-electron chi connectivity index (χ2n) is 5.35. The molecule has 1 aliphatic heterocycles. The van der Waals surface area contributed by atoms with Gasteiger partial charge in [0.15, 0.2) is 5.15 Å². The molecule has 1 aromatic heterocycles. The highest BCUT2D eigenvalue weighted by atomic mass is 35.5. The number of piperidine rings is 1. The molecule has 0 unspecified atom stereocenters. The lowest BCUT2D eigenvalue weighted by atomic mass is 10.1. The Kier molecular flexibility index (Phi) is 4.25. The van der Waals surface area contributed by atoms with E-state index in [2.05, 4.69) is 10.00 Å². The van der Waals surface area contributed by atoms with Crippen molar-refractivity contribution >= 4 is 17.3 Å². The maximum absolute atomic E-state index is 12.3. The molecule has 4 nitrogen and oxygen atoms in total. The number of aromatic nitrogens is 2. The monoisotopic (exact) mass is 303 g/mol. The molecule has 1 aliphatic rings. The molecule has 0 atom stereocenters. The van der Waals surface area contributed by atoms with Crippen molar-refractivity contribution in [2.24, 2.45) is 0 Å². The summed E-state index contributed by atoms with van der Waals surface area (Å²) < 4.78 is 1.42. The van der Waals surface area contributed by atoms with Crippen LogP contribution in [0.15, 0.2) is 41.2 Å². The van der Waals surface area contributed by atoms with Crippen LogP contribution < -0.4 is 10.5 Å². The number of rotatable bonds is 3. The maximum Gasteiger partial charge on any atom is 0.269 e. The van der Waals surface area contributed by atoms with Gasteiger partial charge in [-0.2, -0.15) is 5.10 Å². The van der Waals surface area contributed by atoms with Crippen molar-refractivity contribution in [3.63, 3.8) is 0 Å². The zero-order valence-corrected chi connectivity index (χ0v) is 12.6. The van der Waals surface area contributed by atoms with Crippen LogP contribution in [0.1, 0.15) is 24.8 Å². The van der Waals surface area contributed by atoms with Crippen molar-refractivity contribution in [2.45, 2.75) is 25.8 Å². The topological polar surface area (TPSA) is 38.1 Å². The lowest BCUT2D eigenvalue weighted by Crippen LogP contribution is -2.32. The Morgan fingerprint density at radius 2 is 1.81 bits per heavy atom. The van der Waals surface area contributed by atoms with E-state index in [1.165, 1.54) is 11.1 Å². The normalized spacial score (nSPS) is 15.2. The Hall–Kier alpha value is -1.81. The van der Waals surface area contributed by atoms with Gasteiger partial charge < -0.3 is 4.90 Å². The van der Waals surface area contributed by atoms with Gasteiger partial charge in [0.1, 0.15) is 0 Å². The first-order chi connectivity index (χ1) is 10.2. The molecule has 5 heteroatoms. The molecule has 1 saturated heterocycles. The zero-order valence-electron chi connectivity index (χ0n) is 11.8. The third-order valence-electron chi connectivity index (χ3n) is 3.81. The summed E-state index contributed by atoms with van der Waals surface area (Å²) in [4.78, 5) is 14.4. The first kappa shape index (κ1) is 14.1. The molecule has 2 aromatic rings. The summed E-state index contributed by atoms with van der Waals surface area (Å²) >= 11 is 6.29. The number of hydrogen-bond donors (Lipinski definition) is 0. The Bertz CT molecular complexity index is 663. The van der Waals surface area contributed by atoms with E-state index in [0.29, 0.717) is 11.7 Å². The highest BCUT2D eigenvalue weighted by molar-refractivity contribution is 6.31. The predicted octanol–water partition coefficient (Wildman–Crippen LogP) is 2.94. The second kappa shape index (κ2) is 6.31. The average molecular weight is 304 g/mol. The fourth-order valence-electron chi connectivity index (χ4n) is 2.68. The van der Waals surface area contributed by atoms with Gasteiger partial charge in [-0.1, -0.05) is 41.9 Å². The molecule has 1 aromatic carbocycles. The van der Waals surface area contributed by atoms with Crippen LogP contribution in [0.3, 0.4) is 0 Å². The lowest BCUT2D eigenvalue weighted by Gasteiger charge is -2.29. The Morgan fingerprint density at radius 3 is 2.52 bits per heavy atom. The standard InChI is InChI=1S/C16H18ClN3O/c17-16-14(19-9-5-2-6-10-19)11-15(21)20(18-16)12-13-7-3-1-4-8-13/h1,3-4,7-8,11H,2,5-6,9-10,12H2. The van der Waals surface area contributed by atoms with Crippen LogP contribution >= 0.6 is 11.6 Å². The summed E-state index contributed by atoms with van der Waals surface area (Å²) in [5.74, 6) is 0. The van der Waals surface area contributed by atoms with Crippen molar-refractivity contribution in [3.8, 4) is 0 Å². The van der Waals surface area contributed by atoms with Gasteiger partial charge in [0, 0.05) is 19.2 Å². The fraction of sp³-hybridized carbons (Fsp3) is 0.375. The van der Waals surface area contributed by atoms with E-state index in [1.54, 1.807) is 6.07 Å². The summed E-state index contributed by atoms with van der Waals surface area (Å²) in [6.07, 6.45) is 3.53. The van der Waals surface area contributed by atoms with E-state index in [4.69, 9.17) is 11.6 Å². The minimum atomic E-state index is -0.108. The van der Waals surface area contributed by atoms with Gasteiger partial charge in [0.25, 0.3) is 5.56 Å². The third kappa shape index (κ3) is 3.27. The lowest BCUT2D eigenvalue weighted by molar-refractivity contribution is 0.571. The van der Waals surface area contributed by atoms with E-state index < -0.39 is 0 Å². The SMILES string of the molecule is O=c1cc(N2CCCCC2)c(Cl)nn1Cc1ccccc1. The molecule has 21 heavy (non-hydrogen) atoms. The zero-order chi connectivity index (χ0) is 14.7. The number of nitrogens with zero attached hydrogens (tertiary/aromatic N) is 3. The van der Waals surface area contributed by atoms with Crippen LogP contribution in [-0.4, -0.2) is 22.9 Å². The van der Waals surface area contributed by atoms with Crippen LogP contribution in [0.4, 0.5) is 5.69 Å². The predicted molar refractivity (Wildman–Crippen MR) is 85.1 cm³/mol. The molecule has 0 amide bonds. The van der Waals surface area contributed by atoms with Crippen molar-refractivity contribution in [1.82, 2.24) is 9.78 Å². The summed E-state index contributed by atoms with van der Waals surface area (Å²) in [7, 11) is 0. The van der Waals surface area contributed by atoms with Gasteiger partial charge in [0.05, 0.1) is 12.2 Å². The van der Waals surface area contributed by atoms with Gasteiger partial charge in [-0.05, 0) is 24.8 Å². The molecule has 0 N–H and O–H groups in total. The maximum atomic E-state index is 12.3. The molecule has 0 spiro atoms. The van der Waals surface area contributed by atoms with Gasteiger partial charge >= 0.3 is 0 Å². The van der Waals surface area contributed by atoms with E-state index >= 15 is 0 Å². The molecule has 110 valence electrons. The summed E-state index contributed by atoms with van der Waals surface area (Å²) in [6, 6.07) is 11.4. The Labute approximate surface area is 129 Å². The molecule has 1 fully saturated rings. The van der Waals surface area contributed by atoms with E-state index in [9.17, 15) is 4.79 Å². The Morgan fingerprint density at radius 1 is 1.10 bits per heavy atom. The average Bonchev–Trinajstić information content (AvgIpc) is 2.52. The van der Waals surface area contributed by atoms with Crippen molar-refractivity contribution in [1.29, 1.82) is 0 Å². The molecule has 0 aliphatic carbocycles. The number of benzene rings is 1. The first-order valence-electron chi connectivity index (χ1n) is 7.30. The number of anilines is 1. The van der Waals surface area contributed by atoms with Crippen LogP contribution in [0.2, 0.25) is 5.15 Å². The van der Waals surface area contributed by atoms with Gasteiger partial charge in [-0.25, -0.2) is 4.68 Å². The quantitative estimate of drug-likeness (QED) is 0.875. The highest BCUT2D eigenvalue weighted by Gasteiger charge is 2.16. The van der Waals surface area contributed by atoms with Gasteiger partial charge in [0.2, 0.25) is 0 Å². The minimum Gasteiger partial charge on any atom is -0.369 e. The van der Waals surface area contributed by atoms with Gasteiger partial charge in [-0.15, -0.1) is 0 Å². The minimum absolute atomic E-state index is 0.108. The largest absolute Gasteiger partial charge is 0.369 e. The molecular formula is C16H18ClN3O. The number of halogens is 1. The molecule has 0 bridgehead atoms. The fourth-order valence-corrected chi connectivity index (χ4v) is 2.95. The van der Waals surface area contributed by atoms with E-state index in [0.717, 1.165) is 37.2 Å². The second-order valence-corrected chi connectivity index (χ2v) is 5.71. The van der Waals surface area contributed by atoms with E-state index in [-0.39, 0.29) is 5.56 Å². The van der Waals surface area contributed by atoms with E-state index in [1.807, 2.05) is 30.3 Å². The van der Waals surface area contributed by atoms with Crippen LogP contribution in [-0.2, 0) is 6.54 Å². The van der Waals surface area contributed by atoms with Crippen LogP contribution in [0, 0.1) is 0 Å². The van der Waals surface area contributed by atoms with Crippen LogP contribution in [0.25, 0.3) is 0 Å². The van der Waals surface area contributed by atoms with Crippen molar-refractivity contribution in [2.75, 3.05) is 18.0 Å². The molecule has 0 radical (unpaired) electrons. The van der Waals surface area contributed by atoms with Crippen molar-refractivity contribution in [3.05, 3.63) is 57.5 Å². The summed E-state index contributed by atoms with van der Waals surface area (Å²) in [6.45, 7) is 2.34. The molecule has 3 rings (SSSR count). The molecular weight excluding hydrogens is 286 g/mol. The summed E-state index contributed by atoms with van der Waals surface area (Å²) in [5.41, 5.74) is 1.70. The summed E-state index contributed by atoms with van der Waals surface area (Å²) in [5, 5.41) is 4.68. The smallest absolute Gasteiger partial charge is 0.269 e. The molecule has 2 heterocycles. The van der Waals surface area contributed by atoms with Crippen LogP contribution in [0.5, 0.6) is 0 Å². The highest BCUT2D eigenvalue weighted by Crippen LogP contribution is 2.24. The first-order valence-corrected chi connectivity index (χ1v) is 7.68. The molecule has 0 saturated carbocycles. The van der Waals surface area contributed by atoms with Crippen molar-refractivity contribution < 1.29 is 0 Å². The van der Waals surface area contributed by atoms with Gasteiger partial charge in [-0.3, -0.25) is 4.79 Å². The Balaban J connectivity index is 1.87.